The minimum Gasteiger partial charge on any atom is -0.481 e. The Balaban J connectivity index is 1.40. The highest BCUT2D eigenvalue weighted by Crippen LogP contribution is 2.43. The maximum atomic E-state index is 12.2. The van der Waals surface area contributed by atoms with Gasteiger partial charge in [-0.15, -0.1) is 0 Å². The van der Waals surface area contributed by atoms with E-state index in [0.717, 1.165) is 25.7 Å². The van der Waals surface area contributed by atoms with Crippen molar-refractivity contribution >= 4 is 11.9 Å². The first-order valence-electron chi connectivity index (χ1n) is 9.25. The fourth-order valence-electron chi connectivity index (χ4n) is 4.03. The molecule has 1 amide bonds. The number of carbonyl (C=O) groups excluding carboxylic acids is 1. The molecule has 3 rings (SSSR count). The van der Waals surface area contributed by atoms with Crippen molar-refractivity contribution in [3.63, 3.8) is 0 Å². The van der Waals surface area contributed by atoms with Gasteiger partial charge in [0.2, 0.25) is 5.91 Å². The van der Waals surface area contributed by atoms with Crippen LogP contribution in [0.3, 0.4) is 0 Å². The molecule has 0 radical (unpaired) electrons. The molecule has 25 heavy (non-hydrogen) atoms. The third-order valence-electron chi connectivity index (χ3n) is 5.65. The van der Waals surface area contributed by atoms with Crippen LogP contribution in [0.4, 0.5) is 0 Å². The van der Waals surface area contributed by atoms with Gasteiger partial charge in [-0.2, -0.15) is 0 Å². The zero-order valence-corrected chi connectivity index (χ0v) is 14.5. The van der Waals surface area contributed by atoms with Crippen LogP contribution in [0.5, 0.6) is 0 Å². The summed E-state index contributed by atoms with van der Waals surface area (Å²) < 4.78 is 5.30. The van der Waals surface area contributed by atoms with E-state index < -0.39 is 11.9 Å². The van der Waals surface area contributed by atoms with Crippen LogP contribution < -0.4 is 5.32 Å². The maximum absolute atomic E-state index is 12.2. The van der Waals surface area contributed by atoms with Crippen LogP contribution in [0, 0.1) is 17.8 Å². The van der Waals surface area contributed by atoms with Gasteiger partial charge in [-0.25, -0.2) is 0 Å². The Morgan fingerprint density at radius 1 is 1.16 bits per heavy atom. The highest BCUT2D eigenvalue weighted by Gasteiger charge is 2.33. The number of nitrogens with one attached hydrogen (secondary N) is 1. The van der Waals surface area contributed by atoms with E-state index in [9.17, 15) is 14.7 Å². The van der Waals surface area contributed by atoms with E-state index in [1.807, 2.05) is 6.07 Å². The molecule has 5 heteroatoms. The fourth-order valence-corrected chi connectivity index (χ4v) is 4.03. The summed E-state index contributed by atoms with van der Waals surface area (Å²) in [7, 11) is 0. The fraction of sp³-hybridized carbons (Fsp3) is 0.600. The van der Waals surface area contributed by atoms with Crippen LogP contribution in [-0.2, 0) is 14.3 Å². The minimum absolute atomic E-state index is 0.0187. The van der Waals surface area contributed by atoms with E-state index in [1.54, 1.807) is 0 Å². The third-order valence-corrected chi connectivity index (χ3v) is 5.65. The molecule has 1 heterocycles. The second-order valence-corrected chi connectivity index (χ2v) is 7.35. The predicted molar refractivity (Wildman–Crippen MR) is 94.2 cm³/mol. The SMILES string of the molecule is O=C(CC1CC(c2ccccc2)C1)NCC(C(=O)O)C1CCOCC1. The van der Waals surface area contributed by atoms with Gasteiger partial charge in [0.25, 0.3) is 0 Å². The van der Waals surface area contributed by atoms with Gasteiger partial charge < -0.3 is 15.2 Å². The molecule has 2 fully saturated rings. The van der Waals surface area contributed by atoms with E-state index in [0.29, 0.717) is 31.5 Å². The van der Waals surface area contributed by atoms with Crippen molar-refractivity contribution in [2.45, 2.75) is 38.0 Å². The number of hydrogen-bond donors (Lipinski definition) is 2. The van der Waals surface area contributed by atoms with Crippen molar-refractivity contribution in [3.05, 3.63) is 35.9 Å². The summed E-state index contributed by atoms with van der Waals surface area (Å²) in [6.45, 7) is 1.46. The largest absolute Gasteiger partial charge is 0.481 e. The predicted octanol–water partition coefficient (Wildman–Crippen LogP) is 2.81. The molecule has 2 aliphatic rings. The average molecular weight is 345 g/mol. The maximum Gasteiger partial charge on any atom is 0.308 e. The molecule has 1 saturated carbocycles. The lowest BCUT2D eigenvalue weighted by Gasteiger charge is -2.35. The first-order chi connectivity index (χ1) is 12.1. The molecule has 1 aromatic carbocycles. The topological polar surface area (TPSA) is 75.6 Å². The van der Waals surface area contributed by atoms with Crippen LogP contribution in [0.1, 0.15) is 43.6 Å². The average Bonchev–Trinajstić information content (AvgIpc) is 2.59. The van der Waals surface area contributed by atoms with Gasteiger partial charge in [0.05, 0.1) is 5.92 Å². The first-order valence-corrected chi connectivity index (χ1v) is 9.25. The molecule has 0 aromatic heterocycles. The van der Waals surface area contributed by atoms with Crippen LogP contribution in [-0.4, -0.2) is 36.7 Å². The van der Waals surface area contributed by atoms with E-state index in [-0.39, 0.29) is 18.4 Å². The Labute approximate surface area is 148 Å². The highest BCUT2D eigenvalue weighted by atomic mass is 16.5. The summed E-state index contributed by atoms with van der Waals surface area (Å²) in [6, 6.07) is 10.4. The van der Waals surface area contributed by atoms with Gasteiger partial charge in [0.15, 0.2) is 0 Å². The summed E-state index contributed by atoms with van der Waals surface area (Å²) in [5.41, 5.74) is 1.35. The molecule has 0 spiro atoms. The van der Waals surface area contributed by atoms with E-state index in [1.165, 1.54) is 5.56 Å². The zero-order valence-electron chi connectivity index (χ0n) is 14.5. The molecule has 1 aliphatic heterocycles. The van der Waals surface area contributed by atoms with Gasteiger partial charge in [-0.1, -0.05) is 30.3 Å². The molecule has 1 saturated heterocycles. The molecule has 0 bridgehead atoms. The van der Waals surface area contributed by atoms with Gasteiger partial charge >= 0.3 is 5.97 Å². The number of aliphatic carboxylic acids is 1. The van der Waals surface area contributed by atoms with E-state index in [2.05, 4.69) is 29.6 Å². The first kappa shape index (κ1) is 17.9. The number of hydrogen-bond acceptors (Lipinski definition) is 3. The monoisotopic (exact) mass is 345 g/mol. The van der Waals surface area contributed by atoms with Gasteiger partial charge in [-0.05, 0) is 49.0 Å². The lowest BCUT2D eigenvalue weighted by Crippen LogP contribution is -2.40. The molecule has 1 unspecified atom stereocenters. The van der Waals surface area contributed by atoms with Crippen molar-refractivity contribution in [1.82, 2.24) is 5.32 Å². The molecule has 5 nitrogen and oxygen atoms in total. The standard InChI is InChI=1S/C20H27NO4/c22-19(12-14-10-17(11-14)15-4-2-1-3-5-15)21-13-18(20(23)24)16-6-8-25-9-7-16/h1-5,14,16-18H,6-13H2,(H,21,22)(H,23,24). The van der Waals surface area contributed by atoms with Crippen molar-refractivity contribution in [1.29, 1.82) is 0 Å². The summed E-state index contributed by atoms with van der Waals surface area (Å²) in [5, 5.41) is 12.3. The normalized spacial score (nSPS) is 25.0. The number of carbonyl (C=O) groups is 2. The molecule has 2 N–H and O–H groups in total. The van der Waals surface area contributed by atoms with Gasteiger partial charge in [0.1, 0.15) is 0 Å². The number of amides is 1. The highest BCUT2D eigenvalue weighted by molar-refractivity contribution is 5.77. The Bertz CT molecular complexity index is 577. The molecule has 136 valence electrons. The summed E-state index contributed by atoms with van der Waals surface area (Å²) >= 11 is 0. The molecule has 1 aromatic rings. The lowest BCUT2D eigenvalue weighted by molar-refractivity contribution is -0.145. The van der Waals surface area contributed by atoms with E-state index >= 15 is 0 Å². The van der Waals surface area contributed by atoms with Gasteiger partial charge in [0, 0.05) is 26.2 Å². The Hall–Kier alpha value is -1.88. The minimum atomic E-state index is -0.819. The molecule has 1 aliphatic carbocycles. The summed E-state index contributed by atoms with van der Waals surface area (Å²) in [4.78, 5) is 23.7. The van der Waals surface area contributed by atoms with Crippen LogP contribution in [0.2, 0.25) is 0 Å². The number of benzene rings is 1. The molecular weight excluding hydrogens is 318 g/mol. The Morgan fingerprint density at radius 3 is 2.48 bits per heavy atom. The second kappa shape index (κ2) is 8.48. The summed E-state index contributed by atoms with van der Waals surface area (Å²) in [5.74, 6) is -0.275. The van der Waals surface area contributed by atoms with Crippen molar-refractivity contribution in [3.8, 4) is 0 Å². The van der Waals surface area contributed by atoms with Gasteiger partial charge in [-0.3, -0.25) is 9.59 Å². The third kappa shape index (κ3) is 4.82. The summed E-state index contributed by atoms with van der Waals surface area (Å²) in [6.07, 6.45) is 4.10. The Morgan fingerprint density at radius 2 is 1.84 bits per heavy atom. The Kier molecular flexibility index (Phi) is 6.08. The van der Waals surface area contributed by atoms with Crippen molar-refractivity contribution < 1.29 is 19.4 Å². The van der Waals surface area contributed by atoms with Crippen LogP contribution in [0.25, 0.3) is 0 Å². The second-order valence-electron chi connectivity index (χ2n) is 7.35. The number of carboxylic acid groups (broad SMARTS) is 1. The van der Waals surface area contributed by atoms with E-state index in [4.69, 9.17) is 4.74 Å². The molecule has 1 atom stereocenters. The number of rotatable bonds is 7. The molecular formula is C20H27NO4. The smallest absolute Gasteiger partial charge is 0.308 e. The van der Waals surface area contributed by atoms with Crippen LogP contribution in [0.15, 0.2) is 30.3 Å². The zero-order chi connectivity index (χ0) is 17.6. The number of ether oxygens (including phenoxy) is 1. The number of carboxylic acids is 1. The van der Waals surface area contributed by atoms with Crippen molar-refractivity contribution in [2.75, 3.05) is 19.8 Å². The van der Waals surface area contributed by atoms with Crippen LogP contribution >= 0.6 is 0 Å². The van der Waals surface area contributed by atoms with Crippen molar-refractivity contribution in [2.24, 2.45) is 17.8 Å². The quantitative estimate of drug-likeness (QED) is 0.797. The lowest BCUT2D eigenvalue weighted by atomic mass is 9.70.